The van der Waals surface area contributed by atoms with Crippen LogP contribution in [0, 0.1) is 0 Å². The van der Waals surface area contributed by atoms with Crippen molar-refractivity contribution in [3.63, 3.8) is 0 Å². The summed E-state index contributed by atoms with van der Waals surface area (Å²) in [6.07, 6.45) is 8.28. The summed E-state index contributed by atoms with van der Waals surface area (Å²) in [4.78, 5) is 16.5. The van der Waals surface area contributed by atoms with Gasteiger partial charge in [0.1, 0.15) is 5.82 Å². The number of nitrogens with zero attached hydrogens (tertiary/aromatic N) is 5. The van der Waals surface area contributed by atoms with Gasteiger partial charge in [0.05, 0.1) is 17.6 Å². The maximum Gasteiger partial charge on any atom is 0.228 e. The maximum absolute atomic E-state index is 4.96. The Balaban J connectivity index is 1.43. The molecule has 31 heavy (non-hydrogen) atoms. The van der Waals surface area contributed by atoms with E-state index in [4.69, 9.17) is 4.98 Å². The summed E-state index contributed by atoms with van der Waals surface area (Å²) in [7, 11) is 0. The normalized spacial score (nSPS) is 15.7. The van der Waals surface area contributed by atoms with E-state index in [1.807, 2.05) is 18.5 Å². The first-order chi connectivity index (χ1) is 15.1. The number of rotatable bonds is 5. The molecule has 1 saturated heterocycles. The van der Waals surface area contributed by atoms with Gasteiger partial charge in [0.2, 0.25) is 5.95 Å². The molecule has 1 aliphatic heterocycles. The van der Waals surface area contributed by atoms with Crippen LogP contribution in [0.1, 0.15) is 43.5 Å². The summed E-state index contributed by atoms with van der Waals surface area (Å²) in [6.45, 7) is 11.8. The highest BCUT2D eigenvalue weighted by Crippen LogP contribution is 2.39. The lowest BCUT2D eigenvalue weighted by Gasteiger charge is -2.29. The van der Waals surface area contributed by atoms with E-state index in [1.165, 1.54) is 22.4 Å². The van der Waals surface area contributed by atoms with Gasteiger partial charge in [0, 0.05) is 56.4 Å². The van der Waals surface area contributed by atoms with Crippen molar-refractivity contribution in [2.75, 3.05) is 36.4 Å². The van der Waals surface area contributed by atoms with Crippen molar-refractivity contribution >= 4 is 17.5 Å². The highest BCUT2D eigenvalue weighted by molar-refractivity contribution is 5.74. The zero-order valence-corrected chi connectivity index (χ0v) is 18.6. The molecule has 3 aromatic heterocycles. The minimum absolute atomic E-state index is 0.445. The molecule has 4 heterocycles. The van der Waals surface area contributed by atoms with E-state index in [9.17, 15) is 0 Å². The van der Waals surface area contributed by atoms with Crippen LogP contribution in [0.5, 0.6) is 0 Å². The summed E-state index contributed by atoms with van der Waals surface area (Å²) in [6, 6.07) is 4.13. The third kappa shape index (κ3) is 3.78. The molecule has 0 aromatic carbocycles. The number of hydrogen-bond acceptors (Lipinski definition) is 6. The van der Waals surface area contributed by atoms with E-state index >= 15 is 0 Å². The standard InChI is InChI=1S/C24H31N7/c1-4-30-15-18-6-5-17-13-27-24(29-22(17)21(18)23(30)16(2)3)28-20-8-7-19(14-26-20)31-11-9-25-10-12-31/h7-8,13-16,25H,4-6,9-12H2,1-3H3,(H,26,27,28,29). The van der Waals surface area contributed by atoms with Crippen LogP contribution in [-0.2, 0) is 19.4 Å². The van der Waals surface area contributed by atoms with Crippen molar-refractivity contribution in [3.8, 4) is 11.3 Å². The lowest BCUT2D eigenvalue weighted by atomic mass is 9.89. The minimum atomic E-state index is 0.445. The number of fused-ring (bicyclic) bond motifs is 3. The van der Waals surface area contributed by atoms with Crippen molar-refractivity contribution < 1.29 is 0 Å². The van der Waals surface area contributed by atoms with Crippen LogP contribution >= 0.6 is 0 Å². The third-order valence-electron chi connectivity index (χ3n) is 6.32. The van der Waals surface area contributed by atoms with Gasteiger partial charge in [-0.2, -0.15) is 0 Å². The highest BCUT2D eigenvalue weighted by Gasteiger charge is 2.26. The number of aryl methyl sites for hydroxylation is 3. The molecule has 0 unspecified atom stereocenters. The van der Waals surface area contributed by atoms with Crippen molar-refractivity contribution in [1.29, 1.82) is 0 Å². The second-order valence-corrected chi connectivity index (χ2v) is 8.69. The Kier molecular flexibility index (Phi) is 5.36. The second-order valence-electron chi connectivity index (χ2n) is 8.69. The number of pyridine rings is 1. The van der Waals surface area contributed by atoms with Crippen LogP contribution in [0.25, 0.3) is 11.3 Å². The molecule has 0 amide bonds. The molecule has 0 spiro atoms. The number of nitrogens with one attached hydrogen (secondary N) is 2. The molecule has 5 rings (SSSR count). The Morgan fingerprint density at radius 3 is 2.58 bits per heavy atom. The molecular weight excluding hydrogens is 386 g/mol. The monoisotopic (exact) mass is 417 g/mol. The Morgan fingerprint density at radius 2 is 1.87 bits per heavy atom. The number of anilines is 3. The lowest BCUT2D eigenvalue weighted by Crippen LogP contribution is -2.43. The second kappa shape index (κ2) is 8.30. The number of aromatic nitrogens is 4. The topological polar surface area (TPSA) is 70.9 Å². The van der Waals surface area contributed by atoms with Gasteiger partial charge in [-0.25, -0.2) is 15.0 Å². The smallest absolute Gasteiger partial charge is 0.228 e. The molecule has 0 atom stereocenters. The van der Waals surface area contributed by atoms with Gasteiger partial charge in [-0.05, 0) is 48.9 Å². The van der Waals surface area contributed by atoms with Gasteiger partial charge in [-0.3, -0.25) is 0 Å². The van der Waals surface area contributed by atoms with Crippen molar-refractivity contribution in [2.45, 2.75) is 46.1 Å². The van der Waals surface area contributed by atoms with E-state index in [1.54, 1.807) is 0 Å². The first kappa shape index (κ1) is 20.0. The van der Waals surface area contributed by atoms with E-state index in [0.29, 0.717) is 11.9 Å². The predicted molar refractivity (Wildman–Crippen MR) is 125 cm³/mol. The Morgan fingerprint density at radius 1 is 1.06 bits per heavy atom. The molecule has 3 aromatic rings. The fourth-order valence-corrected chi connectivity index (χ4v) is 4.80. The molecule has 1 fully saturated rings. The van der Waals surface area contributed by atoms with Crippen LogP contribution in [-0.4, -0.2) is 45.7 Å². The van der Waals surface area contributed by atoms with Crippen LogP contribution in [0.2, 0.25) is 0 Å². The quantitative estimate of drug-likeness (QED) is 0.659. The van der Waals surface area contributed by atoms with E-state index < -0.39 is 0 Å². The molecule has 7 heteroatoms. The van der Waals surface area contributed by atoms with Crippen molar-refractivity contribution in [2.24, 2.45) is 0 Å². The predicted octanol–water partition coefficient (Wildman–Crippen LogP) is 3.74. The molecule has 1 aliphatic carbocycles. The summed E-state index contributed by atoms with van der Waals surface area (Å²) in [5.41, 5.74) is 7.56. The SMILES string of the molecule is CCn1cc2c(c1C(C)C)-c1nc(Nc3ccc(N4CCNCC4)cn3)ncc1CC2. The Labute approximate surface area is 183 Å². The Hall–Kier alpha value is -2.93. The number of piperazine rings is 1. The average molecular weight is 418 g/mol. The summed E-state index contributed by atoms with van der Waals surface area (Å²) < 4.78 is 2.38. The number of hydrogen-bond donors (Lipinski definition) is 2. The summed E-state index contributed by atoms with van der Waals surface area (Å²) >= 11 is 0. The van der Waals surface area contributed by atoms with Gasteiger partial charge in [-0.15, -0.1) is 0 Å². The van der Waals surface area contributed by atoms with Gasteiger partial charge in [0.25, 0.3) is 0 Å². The Bertz CT molecular complexity index is 1060. The highest BCUT2D eigenvalue weighted by atomic mass is 15.2. The van der Waals surface area contributed by atoms with Gasteiger partial charge < -0.3 is 20.1 Å². The van der Waals surface area contributed by atoms with Crippen LogP contribution < -0.4 is 15.5 Å². The zero-order chi connectivity index (χ0) is 21.4. The van der Waals surface area contributed by atoms with Gasteiger partial charge in [0.15, 0.2) is 0 Å². The fraction of sp³-hybridized carbons (Fsp3) is 0.458. The molecule has 2 N–H and O–H groups in total. The first-order valence-corrected chi connectivity index (χ1v) is 11.4. The molecular formula is C24H31N7. The largest absolute Gasteiger partial charge is 0.368 e. The van der Waals surface area contributed by atoms with Gasteiger partial charge >= 0.3 is 0 Å². The molecule has 0 radical (unpaired) electrons. The molecule has 7 nitrogen and oxygen atoms in total. The molecule has 2 aliphatic rings. The van der Waals surface area contributed by atoms with Crippen LogP contribution in [0.3, 0.4) is 0 Å². The lowest BCUT2D eigenvalue weighted by molar-refractivity contribution is 0.589. The molecule has 162 valence electrons. The van der Waals surface area contributed by atoms with Crippen LogP contribution in [0.15, 0.2) is 30.7 Å². The van der Waals surface area contributed by atoms with E-state index in [2.05, 4.69) is 63.1 Å². The fourth-order valence-electron chi connectivity index (χ4n) is 4.80. The summed E-state index contributed by atoms with van der Waals surface area (Å²) in [5.74, 6) is 1.82. The van der Waals surface area contributed by atoms with Gasteiger partial charge in [-0.1, -0.05) is 13.8 Å². The van der Waals surface area contributed by atoms with E-state index in [0.717, 1.165) is 62.8 Å². The first-order valence-electron chi connectivity index (χ1n) is 11.4. The van der Waals surface area contributed by atoms with E-state index in [-0.39, 0.29) is 0 Å². The van der Waals surface area contributed by atoms with Crippen molar-refractivity contribution in [3.05, 3.63) is 47.5 Å². The molecule has 0 saturated carbocycles. The minimum Gasteiger partial charge on any atom is -0.368 e. The third-order valence-corrected chi connectivity index (χ3v) is 6.32. The van der Waals surface area contributed by atoms with Crippen LogP contribution in [0.4, 0.5) is 17.5 Å². The average Bonchev–Trinajstić information content (AvgIpc) is 3.20. The maximum atomic E-state index is 4.96. The molecule has 0 bridgehead atoms. The summed E-state index contributed by atoms with van der Waals surface area (Å²) in [5, 5.41) is 6.70. The zero-order valence-electron chi connectivity index (χ0n) is 18.6. The van der Waals surface area contributed by atoms with Crippen molar-refractivity contribution in [1.82, 2.24) is 24.8 Å².